The monoisotopic (exact) mass is 255 g/mol. The third kappa shape index (κ3) is 2.30. The Labute approximate surface area is 114 Å². The van der Waals surface area contributed by atoms with Gasteiger partial charge in [-0.05, 0) is 42.4 Å². The molecule has 0 radical (unpaired) electrons. The van der Waals surface area contributed by atoms with Gasteiger partial charge in [-0.3, -0.25) is 0 Å². The molecule has 0 saturated carbocycles. The van der Waals surface area contributed by atoms with E-state index >= 15 is 0 Å². The number of aromatic nitrogens is 2. The minimum absolute atomic E-state index is 0.201. The summed E-state index contributed by atoms with van der Waals surface area (Å²) in [4.78, 5) is 4.46. The highest BCUT2D eigenvalue weighted by Gasteiger charge is 2.18. The van der Waals surface area contributed by atoms with Crippen LogP contribution in [0.25, 0.3) is 0 Å². The van der Waals surface area contributed by atoms with E-state index in [-0.39, 0.29) is 5.92 Å². The van der Waals surface area contributed by atoms with Crippen molar-refractivity contribution < 1.29 is 0 Å². The summed E-state index contributed by atoms with van der Waals surface area (Å²) >= 11 is 0. The van der Waals surface area contributed by atoms with Crippen LogP contribution in [0.1, 0.15) is 41.3 Å². The predicted octanol–water partition coefficient (Wildman–Crippen LogP) is 2.39. The van der Waals surface area contributed by atoms with Crippen LogP contribution in [0, 0.1) is 0 Å². The van der Waals surface area contributed by atoms with Gasteiger partial charge in [0.25, 0.3) is 0 Å². The van der Waals surface area contributed by atoms with Gasteiger partial charge in [0.15, 0.2) is 0 Å². The number of nitrogens with two attached hydrogens (primary N) is 1. The topological polar surface area (TPSA) is 43.8 Å². The lowest BCUT2D eigenvalue weighted by molar-refractivity contribution is 0.673. The summed E-state index contributed by atoms with van der Waals surface area (Å²) in [5, 5.41) is 0. The molecule has 2 aromatic rings. The first kappa shape index (κ1) is 12.4. The zero-order valence-corrected chi connectivity index (χ0v) is 11.5. The Morgan fingerprint density at radius 3 is 2.74 bits per heavy atom. The quantitative estimate of drug-likeness (QED) is 0.915. The molecule has 1 atom stereocenters. The van der Waals surface area contributed by atoms with E-state index in [4.69, 9.17) is 5.73 Å². The van der Waals surface area contributed by atoms with Gasteiger partial charge in [-0.15, -0.1) is 0 Å². The van der Waals surface area contributed by atoms with Crippen LogP contribution in [0.2, 0.25) is 0 Å². The molecule has 0 spiro atoms. The number of imidazole rings is 1. The van der Waals surface area contributed by atoms with Crippen LogP contribution in [0.4, 0.5) is 0 Å². The number of rotatable bonds is 3. The first-order valence-electron chi connectivity index (χ1n) is 7.08. The number of hydrogen-bond donors (Lipinski definition) is 1. The van der Waals surface area contributed by atoms with Crippen molar-refractivity contribution in [2.75, 3.05) is 6.54 Å². The Morgan fingerprint density at radius 1 is 1.26 bits per heavy atom. The summed E-state index contributed by atoms with van der Waals surface area (Å²) in [6, 6.07) is 6.87. The molecule has 19 heavy (non-hydrogen) atoms. The smallest absolute Gasteiger partial charge is 0.117 e. The standard InChI is InChI=1S/C16H21N3/c1-19-9-8-18-16(19)15(11-17)14-7-6-12-4-2-3-5-13(12)10-14/h6-10,15H,2-5,11,17H2,1H3. The molecule has 3 rings (SSSR count). The maximum atomic E-state index is 5.99. The number of fused-ring (bicyclic) bond motifs is 1. The predicted molar refractivity (Wildman–Crippen MR) is 77.2 cm³/mol. The van der Waals surface area contributed by atoms with E-state index in [1.54, 1.807) is 0 Å². The second kappa shape index (κ2) is 5.17. The van der Waals surface area contributed by atoms with Crippen LogP contribution < -0.4 is 5.73 Å². The lowest BCUT2D eigenvalue weighted by Gasteiger charge is -2.20. The molecule has 0 saturated heterocycles. The minimum Gasteiger partial charge on any atom is -0.337 e. The van der Waals surface area contributed by atoms with E-state index in [2.05, 4.69) is 27.8 Å². The average Bonchev–Trinajstić information content (AvgIpc) is 2.86. The molecule has 0 bridgehead atoms. The first-order chi connectivity index (χ1) is 9.29. The zero-order valence-electron chi connectivity index (χ0n) is 11.5. The van der Waals surface area contributed by atoms with Gasteiger partial charge in [0.2, 0.25) is 0 Å². The van der Waals surface area contributed by atoms with E-state index in [0.717, 1.165) is 5.82 Å². The van der Waals surface area contributed by atoms with Crippen LogP contribution in [0.15, 0.2) is 30.6 Å². The molecule has 0 aliphatic heterocycles. The lowest BCUT2D eigenvalue weighted by Crippen LogP contribution is -2.18. The minimum atomic E-state index is 0.201. The second-order valence-corrected chi connectivity index (χ2v) is 5.42. The van der Waals surface area contributed by atoms with Crippen LogP contribution >= 0.6 is 0 Å². The van der Waals surface area contributed by atoms with Crippen LogP contribution in [-0.4, -0.2) is 16.1 Å². The Kier molecular flexibility index (Phi) is 3.38. The van der Waals surface area contributed by atoms with Gasteiger partial charge in [-0.1, -0.05) is 18.2 Å². The van der Waals surface area contributed by atoms with E-state index in [9.17, 15) is 0 Å². The molecule has 1 heterocycles. The molecule has 1 aliphatic rings. The molecule has 1 aromatic carbocycles. The number of hydrogen-bond acceptors (Lipinski definition) is 2. The molecule has 0 amide bonds. The summed E-state index contributed by atoms with van der Waals surface area (Å²) < 4.78 is 2.07. The molecule has 3 nitrogen and oxygen atoms in total. The van der Waals surface area contributed by atoms with E-state index < -0.39 is 0 Å². The summed E-state index contributed by atoms with van der Waals surface area (Å²) in [5.41, 5.74) is 10.3. The summed E-state index contributed by atoms with van der Waals surface area (Å²) in [7, 11) is 2.03. The molecule has 0 fully saturated rings. The van der Waals surface area contributed by atoms with Gasteiger partial charge in [0.1, 0.15) is 5.82 Å². The van der Waals surface area contributed by atoms with E-state index in [1.165, 1.54) is 42.4 Å². The number of nitrogens with zero attached hydrogens (tertiary/aromatic N) is 2. The summed E-state index contributed by atoms with van der Waals surface area (Å²) in [5.74, 6) is 1.26. The van der Waals surface area contributed by atoms with Crippen molar-refractivity contribution in [2.45, 2.75) is 31.6 Å². The molecular formula is C16H21N3. The zero-order chi connectivity index (χ0) is 13.2. The van der Waals surface area contributed by atoms with Crippen molar-refractivity contribution in [3.8, 4) is 0 Å². The molecule has 1 unspecified atom stereocenters. The Balaban J connectivity index is 1.98. The molecule has 3 heteroatoms. The molecule has 1 aliphatic carbocycles. The van der Waals surface area contributed by atoms with Crippen molar-refractivity contribution in [3.05, 3.63) is 53.1 Å². The first-order valence-corrected chi connectivity index (χ1v) is 7.08. The Hall–Kier alpha value is -1.61. The van der Waals surface area contributed by atoms with Gasteiger partial charge < -0.3 is 10.3 Å². The molecule has 1 aromatic heterocycles. The van der Waals surface area contributed by atoms with Crippen molar-refractivity contribution >= 4 is 0 Å². The largest absolute Gasteiger partial charge is 0.337 e. The fourth-order valence-corrected chi connectivity index (χ4v) is 3.07. The Morgan fingerprint density at radius 2 is 2.05 bits per heavy atom. The van der Waals surface area contributed by atoms with Gasteiger partial charge in [0.05, 0.1) is 5.92 Å². The van der Waals surface area contributed by atoms with Gasteiger partial charge in [0, 0.05) is 26.0 Å². The highest BCUT2D eigenvalue weighted by atomic mass is 15.0. The van der Waals surface area contributed by atoms with Gasteiger partial charge in [-0.2, -0.15) is 0 Å². The van der Waals surface area contributed by atoms with Gasteiger partial charge in [-0.25, -0.2) is 4.98 Å². The van der Waals surface area contributed by atoms with Gasteiger partial charge >= 0.3 is 0 Å². The Bertz CT molecular complexity index is 571. The third-order valence-corrected chi connectivity index (χ3v) is 4.18. The van der Waals surface area contributed by atoms with Crippen molar-refractivity contribution in [3.63, 3.8) is 0 Å². The summed E-state index contributed by atoms with van der Waals surface area (Å²) in [6.45, 7) is 0.601. The van der Waals surface area contributed by atoms with E-state index in [0.29, 0.717) is 6.54 Å². The molecular weight excluding hydrogens is 234 g/mol. The number of aryl methyl sites for hydroxylation is 3. The molecule has 2 N–H and O–H groups in total. The van der Waals surface area contributed by atoms with Crippen LogP contribution in [-0.2, 0) is 19.9 Å². The second-order valence-electron chi connectivity index (χ2n) is 5.42. The normalized spacial score (nSPS) is 16.1. The fourth-order valence-electron chi connectivity index (χ4n) is 3.07. The average molecular weight is 255 g/mol. The van der Waals surface area contributed by atoms with E-state index in [1.807, 2.05) is 19.4 Å². The van der Waals surface area contributed by atoms with Crippen LogP contribution in [0.5, 0.6) is 0 Å². The van der Waals surface area contributed by atoms with Crippen LogP contribution in [0.3, 0.4) is 0 Å². The fraction of sp³-hybridized carbons (Fsp3) is 0.438. The van der Waals surface area contributed by atoms with Crippen molar-refractivity contribution in [1.82, 2.24) is 9.55 Å². The highest BCUT2D eigenvalue weighted by molar-refractivity contribution is 5.37. The lowest BCUT2D eigenvalue weighted by atomic mass is 9.87. The highest BCUT2D eigenvalue weighted by Crippen LogP contribution is 2.28. The SMILES string of the molecule is Cn1ccnc1C(CN)c1ccc2c(c1)CCCC2. The maximum Gasteiger partial charge on any atom is 0.117 e. The van der Waals surface area contributed by atoms with Crippen molar-refractivity contribution in [1.29, 1.82) is 0 Å². The summed E-state index contributed by atoms with van der Waals surface area (Å²) in [6.07, 6.45) is 8.90. The molecule has 100 valence electrons. The number of benzene rings is 1. The van der Waals surface area contributed by atoms with Crippen molar-refractivity contribution in [2.24, 2.45) is 12.8 Å². The maximum absolute atomic E-state index is 5.99. The third-order valence-electron chi connectivity index (χ3n) is 4.18.